The third-order valence-corrected chi connectivity index (χ3v) is 2.58. The number of pyridine rings is 1. The average Bonchev–Trinajstić information content (AvgIpc) is 2.39. The van der Waals surface area contributed by atoms with E-state index in [2.05, 4.69) is 24.0 Å². The maximum Gasteiger partial charge on any atom is 0.123 e. The van der Waals surface area contributed by atoms with Crippen molar-refractivity contribution < 1.29 is 4.74 Å². The highest BCUT2D eigenvalue weighted by Gasteiger charge is 1.97. The Labute approximate surface area is 101 Å². The molecule has 0 aliphatic carbocycles. The smallest absolute Gasteiger partial charge is 0.123 e. The summed E-state index contributed by atoms with van der Waals surface area (Å²) in [6, 6.07) is 11.8. The molecule has 0 aliphatic rings. The first-order valence-corrected chi connectivity index (χ1v) is 5.70. The summed E-state index contributed by atoms with van der Waals surface area (Å²) in [7, 11) is 0. The fourth-order valence-corrected chi connectivity index (χ4v) is 1.51. The molecule has 0 saturated carbocycles. The molecule has 0 unspecified atom stereocenters. The Morgan fingerprint density at radius 2 is 1.76 bits per heavy atom. The minimum atomic E-state index is 0.513. The number of hydrogen-bond acceptors (Lipinski definition) is 3. The molecule has 0 bridgehead atoms. The molecule has 88 valence electrons. The van der Waals surface area contributed by atoms with Gasteiger partial charge in [0.1, 0.15) is 18.2 Å². The van der Waals surface area contributed by atoms with E-state index in [1.807, 2.05) is 18.2 Å². The Morgan fingerprint density at radius 3 is 2.35 bits per heavy atom. The Morgan fingerprint density at radius 1 is 1.06 bits per heavy atom. The highest BCUT2D eigenvalue weighted by atomic mass is 16.5. The van der Waals surface area contributed by atoms with Gasteiger partial charge in [0.15, 0.2) is 0 Å². The van der Waals surface area contributed by atoms with Gasteiger partial charge in [0.25, 0.3) is 0 Å². The zero-order valence-electron chi connectivity index (χ0n) is 9.89. The zero-order chi connectivity index (χ0) is 12.1. The van der Waals surface area contributed by atoms with E-state index in [-0.39, 0.29) is 0 Å². The fourth-order valence-electron chi connectivity index (χ4n) is 1.51. The summed E-state index contributed by atoms with van der Waals surface area (Å²) in [5.74, 6) is 1.40. The standard InChI is InChI=1S/C14H16N2O/c1-2-11-3-6-13(7-4-11)17-10-12-5-8-14(15)16-9-12/h3-9H,2,10H2,1H3,(H2,15,16). The highest BCUT2D eigenvalue weighted by Crippen LogP contribution is 2.14. The second-order valence-electron chi connectivity index (χ2n) is 3.88. The molecule has 0 aliphatic heterocycles. The van der Waals surface area contributed by atoms with E-state index < -0.39 is 0 Å². The molecule has 3 heteroatoms. The Hall–Kier alpha value is -2.03. The second-order valence-corrected chi connectivity index (χ2v) is 3.88. The van der Waals surface area contributed by atoms with Gasteiger partial charge < -0.3 is 10.5 Å². The van der Waals surface area contributed by atoms with E-state index in [4.69, 9.17) is 10.5 Å². The van der Waals surface area contributed by atoms with Crippen LogP contribution in [-0.4, -0.2) is 4.98 Å². The quantitative estimate of drug-likeness (QED) is 0.875. The molecule has 0 atom stereocenters. The molecule has 2 rings (SSSR count). The fraction of sp³-hybridized carbons (Fsp3) is 0.214. The third-order valence-electron chi connectivity index (χ3n) is 2.58. The zero-order valence-corrected chi connectivity index (χ0v) is 9.89. The number of nitrogens with zero attached hydrogens (tertiary/aromatic N) is 1. The molecule has 1 aromatic carbocycles. The van der Waals surface area contributed by atoms with E-state index in [1.165, 1.54) is 5.56 Å². The monoisotopic (exact) mass is 228 g/mol. The van der Waals surface area contributed by atoms with Gasteiger partial charge >= 0.3 is 0 Å². The summed E-state index contributed by atoms with van der Waals surface area (Å²) < 4.78 is 5.65. The Balaban J connectivity index is 1.95. The van der Waals surface area contributed by atoms with Crippen LogP contribution in [0.1, 0.15) is 18.1 Å². The summed E-state index contributed by atoms with van der Waals surface area (Å²) in [6.07, 6.45) is 2.78. The molecule has 1 aromatic heterocycles. The van der Waals surface area contributed by atoms with Gasteiger partial charge in [-0.15, -0.1) is 0 Å². The second kappa shape index (κ2) is 5.34. The summed E-state index contributed by atoms with van der Waals surface area (Å²) in [5.41, 5.74) is 7.84. The van der Waals surface area contributed by atoms with Gasteiger partial charge in [-0.3, -0.25) is 0 Å². The lowest BCUT2D eigenvalue weighted by molar-refractivity contribution is 0.305. The largest absolute Gasteiger partial charge is 0.489 e. The van der Waals surface area contributed by atoms with Crippen molar-refractivity contribution in [3.63, 3.8) is 0 Å². The molecule has 0 amide bonds. The Bertz CT molecular complexity index is 463. The molecule has 2 N–H and O–H groups in total. The van der Waals surface area contributed by atoms with Crippen LogP contribution < -0.4 is 10.5 Å². The number of benzene rings is 1. The number of anilines is 1. The van der Waals surface area contributed by atoms with Crippen LogP contribution >= 0.6 is 0 Å². The van der Waals surface area contributed by atoms with Crippen molar-refractivity contribution in [1.82, 2.24) is 4.98 Å². The molecule has 0 fully saturated rings. The topological polar surface area (TPSA) is 48.1 Å². The van der Waals surface area contributed by atoms with Crippen molar-refractivity contribution >= 4 is 5.82 Å². The number of rotatable bonds is 4. The molecule has 17 heavy (non-hydrogen) atoms. The number of aromatic nitrogens is 1. The maximum atomic E-state index is 5.65. The molecule has 0 radical (unpaired) electrons. The number of ether oxygens (including phenoxy) is 1. The van der Waals surface area contributed by atoms with E-state index in [1.54, 1.807) is 12.3 Å². The van der Waals surface area contributed by atoms with E-state index >= 15 is 0 Å². The first kappa shape index (κ1) is 11.5. The molecular formula is C14H16N2O. The molecular weight excluding hydrogens is 212 g/mol. The van der Waals surface area contributed by atoms with Crippen molar-refractivity contribution in [2.45, 2.75) is 20.0 Å². The summed E-state index contributed by atoms with van der Waals surface area (Å²) in [5, 5.41) is 0. The number of hydrogen-bond donors (Lipinski definition) is 1. The van der Waals surface area contributed by atoms with Gasteiger partial charge in [-0.05, 0) is 30.2 Å². The number of nitrogen functional groups attached to an aromatic ring is 1. The molecule has 1 heterocycles. The van der Waals surface area contributed by atoms with Crippen molar-refractivity contribution in [3.8, 4) is 5.75 Å². The van der Waals surface area contributed by atoms with Crippen molar-refractivity contribution in [3.05, 3.63) is 53.7 Å². The lowest BCUT2D eigenvalue weighted by atomic mass is 10.2. The lowest BCUT2D eigenvalue weighted by Gasteiger charge is -2.06. The summed E-state index contributed by atoms with van der Waals surface area (Å²) in [4.78, 5) is 4.02. The predicted molar refractivity (Wildman–Crippen MR) is 68.8 cm³/mol. The van der Waals surface area contributed by atoms with Gasteiger partial charge in [-0.1, -0.05) is 25.1 Å². The van der Waals surface area contributed by atoms with E-state index in [9.17, 15) is 0 Å². The van der Waals surface area contributed by atoms with E-state index in [0.29, 0.717) is 12.4 Å². The average molecular weight is 228 g/mol. The Kier molecular flexibility index (Phi) is 3.60. The first-order valence-electron chi connectivity index (χ1n) is 5.70. The first-order chi connectivity index (χ1) is 8.28. The van der Waals surface area contributed by atoms with Crippen molar-refractivity contribution in [2.24, 2.45) is 0 Å². The van der Waals surface area contributed by atoms with Crippen molar-refractivity contribution in [1.29, 1.82) is 0 Å². The van der Waals surface area contributed by atoms with Crippen LogP contribution in [0, 0.1) is 0 Å². The van der Waals surface area contributed by atoms with Crippen LogP contribution in [-0.2, 0) is 13.0 Å². The number of nitrogens with two attached hydrogens (primary N) is 1. The van der Waals surface area contributed by atoms with Crippen LogP contribution in [0.3, 0.4) is 0 Å². The van der Waals surface area contributed by atoms with Crippen LogP contribution in [0.25, 0.3) is 0 Å². The molecule has 3 nitrogen and oxygen atoms in total. The summed E-state index contributed by atoms with van der Waals surface area (Å²) in [6.45, 7) is 2.65. The normalized spacial score (nSPS) is 10.2. The van der Waals surface area contributed by atoms with Gasteiger partial charge in [0.05, 0.1) is 0 Å². The van der Waals surface area contributed by atoms with Gasteiger partial charge in [-0.2, -0.15) is 0 Å². The van der Waals surface area contributed by atoms with Crippen LogP contribution in [0.2, 0.25) is 0 Å². The number of aryl methyl sites for hydroxylation is 1. The van der Waals surface area contributed by atoms with E-state index in [0.717, 1.165) is 17.7 Å². The third kappa shape index (κ3) is 3.21. The van der Waals surface area contributed by atoms with Gasteiger partial charge in [0.2, 0.25) is 0 Å². The van der Waals surface area contributed by atoms with Gasteiger partial charge in [0, 0.05) is 11.8 Å². The highest BCUT2D eigenvalue weighted by molar-refractivity contribution is 5.30. The molecule has 0 saturated heterocycles. The SMILES string of the molecule is CCc1ccc(OCc2ccc(N)nc2)cc1. The maximum absolute atomic E-state index is 5.65. The van der Waals surface area contributed by atoms with Crippen LogP contribution in [0.5, 0.6) is 5.75 Å². The minimum absolute atomic E-state index is 0.513. The predicted octanol–water partition coefficient (Wildman–Crippen LogP) is 2.81. The van der Waals surface area contributed by atoms with Gasteiger partial charge in [-0.25, -0.2) is 4.98 Å². The van der Waals surface area contributed by atoms with Crippen LogP contribution in [0.4, 0.5) is 5.82 Å². The van der Waals surface area contributed by atoms with Crippen LogP contribution in [0.15, 0.2) is 42.6 Å². The molecule has 0 spiro atoms. The minimum Gasteiger partial charge on any atom is -0.489 e. The lowest BCUT2D eigenvalue weighted by Crippen LogP contribution is -1.97. The van der Waals surface area contributed by atoms with Crippen molar-refractivity contribution in [2.75, 3.05) is 5.73 Å². The molecule has 2 aromatic rings. The summed E-state index contributed by atoms with van der Waals surface area (Å²) >= 11 is 0.